The van der Waals surface area contributed by atoms with Crippen LogP contribution in [0.1, 0.15) is 39.0 Å². The summed E-state index contributed by atoms with van der Waals surface area (Å²) < 4.78 is 16.6. The third-order valence-corrected chi connectivity index (χ3v) is 3.29. The number of methoxy groups -OCH3 is 2. The van der Waals surface area contributed by atoms with Gasteiger partial charge in [-0.25, -0.2) is 0 Å². The molecule has 0 aromatic carbocycles. The smallest absolute Gasteiger partial charge is 0.221 e. The standard InChI is InChI=1S/C12H24O4/c1-4-7-10(13)12(14-2,15-3)11-8-5-6-9-16-11/h10-11,13H,4-9H2,1-3H3. The van der Waals surface area contributed by atoms with Crippen LogP contribution < -0.4 is 0 Å². The molecule has 0 aromatic heterocycles. The lowest BCUT2D eigenvalue weighted by atomic mass is 9.93. The van der Waals surface area contributed by atoms with Crippen molar-refractivity contribution in [3.63, 3.8) is 0 Å². The molecule has 0 amide bonds. The van der Waals surface area contributed by atoms with Crippen molar-refractivity contribution in [2.24, 2.45) is 0 Å². The first-order chi connectivity index (χ1) is 7.71. The molecule has 1 N–H and O–H groups in total. The number of rotatable bonds is 6. The molecule has 0 spiro atoms. The molecule has 1 rings (SSSR count). The topological polar surface area (TPSA) is 47.9 Å². The van der Waals surface area contributed by atoms with Crippen LogP contribution in [0.2, 0.25) is 0 Å². The van der Waals surface area contributed by atoms with Crippen molar-refractivity contribution in [2.45, 2.75) is 57.0 Å². The van der Waals surface area contributed by atoms with Gasteiger partial charge in [0.05, 0.1) is 0 Å². The fraction of sp³-hybridized carbons (Fsp3) is 1.00. The van der Waals surface area contributed by atoms with Crippen molar-refractivity contribution in [3.8, 4) is 0 Å². The molecule has 0 saturated carbocycles. The zero-order chi connectivity index (χ0) is 12.0. The Bertz CT molecular complexity index is 185. The maximum absolute atomic E-state index is 10.2. The van der Waals surface area contributed by atoms with Gasteiger partial charge in [0, 0.05) is 20.8 Å². The lowest BCUT2D eigenvalue weighted by Crippen LogP contribution is -2.57. The van der Waals surface area contributed by atoms with E-state index >= 15 is 0 Å². The van der Waals surface area contributed by atoms with E-state index < -0.39 is 11.9 Å². The lowest BCUT2D eigenvalue weighted by molar-refractivity contribution is -0.316. The molecule has 4 nitrogen and oxygen atoms in total. The number of aliphatic hydroxyl groups excluding tert-OH is 1. The molecule has 1 aliphatic rings. The summed E-state index contributed by atoms with van der Waals surface area (Å²) in [5.41, 5.74) is 0. The third kappa shape index (κ3) is 2.74. The summed E-state index contributed by atoms with van der Waals surface area (Å²) in [6, 6.07) is 0. The van der Waals surface area contributed by atoms with E-state index in [0.717, 1.165) is 32.3 Å². The highest BCUT2D eigenvalue weighted by Gasteiger charge is 2.47. The lowest BCUT2D eigenvalue weighted by Gasteiger charge is -2.42. The summed E-state index contributed by atoms with van der Waals surface area (Å²) in [6.07, 6.45) is 3.78. The minimum atomic E-state index is -1.00. The normalized spacial score (nSPS) is 24.4. The number of hydrogen-bond donors (Lipinski definition) is 1. The number of hydrogen-bond acceptors (Lipinski definition) is 4. The van der Waals surface area contributed by atoms with Crippen LogP contribution in [0.4, 0.5) is 0 Å². The summed E-state index contributed by atoms with van der Waals surface area (Å²) in [4.78, 5) is 0. The first-order valence-corrected chi connectivity index (χ1v) is 6.11. The van der Waals surface area contributed by atoms with E-state index in [1.54, 1.807) is 14.2 Å². The van der Waals surface area contributed by atoms with Crippen LogP contribution in [0.5, 0.6) is 0 Å². The molecule has 0 bridgehead atoms. The van der Waals surface area contributed by atoms with Crippen LogP contribution in [-0.4, -0.2) is 43.9 Å². The van der Waals surface area contributed by atoms with Gasteiger partial charge in [-0.1, -0.05) is 13.3 Å². The SMILES string of the molecule is CCCC(O)C(OC)(OC)C1CCCCO1. The van der Waals surface area contributed by atoms with Gasteiger partial charge in [0.2, 0.25) is 5.79 Å². The minimum absolute atomic E-state index is 0.169. The van der Waals surface area contributed by atoms with Crippen LogP contribution in [0.3, 0.4) is 0 Å². The summed E-state index contributed by atoms with van der Waals surface area (Å²) >= 11 is 0. The maximum Gasteiger partial charge on any atom is 0.221 e. The molecular formula is C12H24O4. The molecule has 0 radical (unpaired) electrons. The highest BCUT2D eigenvalue weighted by Crippen LogP contribution is 2.31. The first-order valence-electron chi connectivity index (χ1n) is 6.11. The van der Waals surface area contributed by atoms with Crippen molar-refractivity contribution < 1.29 is 19.3 Å². The van der Waals surface area contributed by atoms with Gasteiger partial charge in [-0.15, -0.1) is 0 Å². The zero-order valence-electron chi connectivity index (χ0n) is 10.6. The predicted molar refractivity (Wildman–Crippen MR) is 61.3 cm³/mol. The van der Waals surface area contributed by atoms with E-state index in [-0.39, 0.29) is 6.10 Å². The second-order valence-electron chi connectivity index (χ2n) is 4.29. The summed E-state index contributed by atoms with van der Waals surface area (Å²) in [7, 11) is 3.14. The molecule has 96 valence electrons. The Kier molecular flexibility index (Phi) is 5.69. The predicted octanol–water partition coefficient (Wildman–Crippen LogP) is 1.71. The van der Waals surface area contributed by atoms with Crippen LogP contribution in [0, 0.1) is 0 Å². The van der Waals surface area contributed by atoms with Gasteiger partial charge in [0.15, 0.2) is 0 Å². The van der Waals surface area contributed by atoms with E-state index in [1.165, 1.54) is 0 Å². The Morgan fingerprint density at radius 2 is 2.06 bits per heavy atom. The van der Waals surface area contributed by atoms with Gasteiger partial charge in [-0.3, -0.25) is 0 Å². The Labute approximate surface area is 97.9 Å². The molecular weight excluding hydrogens is 208 g/mol. The maximum atomic E-state index is 10.2. The van der Waals surface area contributed by atoms with Crippen LogP contribution in [0.25, 0.3) is 0 Å². The minimum Gasteiger partial charge on any atom is -0.387 e. The second-order valence-corrected chi connectivity index (χ2v) is 4.29. The van der Waals surface area contributed by atoms with Gasteiger partial charge in [-0.2, -0.15) is 0 Å². The van der Waals surface area contributed by atoms with Gasteiger partial charge in [0.25, 0.3) is 0 Å². The summed E-state index contributed by atoms with van der Waals surface area (Å²) in [6.45, 7) is 2.75. The van der Waals surface area contributed by atoms with E-state index in [0.29, 0.717) is 6.42 Å². The Morgan fingerprint density at radius 1 is 1.38 bits per heavy atom. The van der Waals surface area contributed by atoms with Gasteiger partial charge in [-0.05, 0) is 25.7 Å². The Hall–Kier alpha value is -0.160. The molecule has 1 aliphatic heterocycles. The number of aliphatic hydroxyl groups is 1. The van der Waals surface area contributed by atoms with Gasteiger partial charge >= 0.3 is 0 Å². The average Bonchev–Trinajstić information content (AvgIpc) is 2.33. The van der Waals surface area contributed by atoms with Crippen molar-refractivity contribution in [2.75, 3.05) is 20.8 Å². The average molecular weight is 232 g/mol. The largest absolute Gasteiger partial charge is 0.387 e. The van der Waals surface area contributed by atoms with Crippen LogP contribution in [-0.2, 0) is 14.2 Å². The van der Waals surface area contributed by atoms with Crippen molar-refractivity contribution in [1.82, 2.24) is 0 Å². The van der Waals surface area contributed by atoms with Crippen molar-refractivity contribution in [3.05, 3.63) is 0 Å². The fourth-order valence-electron chi connectivity index (χ4n) is 2.37. The highest BCUT2D eigenvalue weighted by molar-refractivity contribution is 4.88. The fourth-order valence-corrected chi connectivity index (χ4v) is 2.37. The molecule has 4 heteroatoms. The van der Waals surface area contributed by atoms with Gasteiger partial charge in [0.1, 0.15) is 12.2 Å². The van der Waals surface area contributed by atoms with Crippen LogP contribution in [0.15, 0.2) is 0 Å². The van der Waals surface area contributed by atoms with Crippen molar-refractivity contribution >= 4 is 0 Å². The molecule has 1 heterocycles. The second kappa shape index (κ2) is 6.55. The zero-order valence-corrected chi connectivity index (χ0v) is 10.6. The Morgan fingerprint density at radius 3 is 2.50 bits per heavy atom. The van der Waals surface area contributed by atoms with E-state index in [9.17, 15) is 5.11 Å². The summed E-state index contributed by atoms with van der Waals surface area (Å²) in [5, 5.41) is 10.2. The first kappa shape index (κ1) is 13.9. The molecule has 1 fully saturated rings. The molecule has 0 aromatic rings. The number of ether oxygens (including phenoxy) is 3. The van der Waals surface area contributed by atoms with E-state index in [2.05, 4.69) is 0 Å². The molecule has 2 atom stereocenters. The molecule has 16 heavy (non-hydrogen) atoms. The molecule has 2 unspecified atom stereocenters. The molecule has 1 saturated heterocycles. The molecule has 0 aliphatic carbocycles. The van der Waals surface area contributed by atoms with Gasteiger partial charge < -0.3 is 19.3 Å². The third-order valence-electron chi connectivity index (χ3n) is 3.29. The summed E-state index contributed by atoms with van der Waals surface area (Å²) in [5.74, 6) is -1.00. The quantitative estimate of drug-likeness (QED) is 0.708. The monoisotopic (exact) mass is 232 g/mol. The Balaban J connectivity index is 2.75. The van der Waals surface area contributed by atoms with E-state index in [1.807, 2.05) is 6.92 Å². The van der Waals surface area contributed by atoms with Crippen molar-refractivity contribution in [1.29, 1.82) is 0 Å². The highest BCUT2D eigenvalue weighted by atomic mass is 16.7. The van der Waals surface area contributed by atoms with E-state index in [4.69, 9.17) is 14.2 Å². The van der Waals surface area contributed by atoms with Crippen LogP contribution >= 0.6 is 0 Å².